The van der Waals surface area contributed by atoms with E-state index < -0.39 is 29.6 Å². The number of hydrogen-bond acceptors (Lipinski definition) is 5. The van der Waals surface area contributed by atoms with E-state index in [2.05, 4.69) is 11.7 Å². The van der Waals surface area contributed by atoms with E-state index in [1.807, 2.05) is 5.92 Å². The van der Waals surface area contributed by atoms with Gasteiger partial charge in [0.25, 0.3) is 11.7 Å². The lowest BCUT2D eigenvalue weighted by Crippen LogP contribution is -2.42. The van der Waals surface area contributed by atoms with Gasteiger partial charge in [0.1, 0.15) is 6.29 Å². The first-order chi connectivity index (χ1) is 7.90. The molecule has 2 atom stereocenters. The van der Waals surface area contributed by atoms with Crippen LogP contribution in [0.3, 0.4) is 0 Å². The van der Waals surface area contributed by atoms with Crippen molar-refractivity contribution in [2.24, 2.45) is 23.1 Å². The van der Waals surface area contributed by atoms with Crippen LogP contribution in [0.1, 0.15) is 0 Å². The molecule has 0 aromatic carbocycles. The Morgan fingerprint density at radius 3 is 2.18 bits per heavy atom. The first kappa shape index (κ1) is 14.5. The summed E-state index contributed by atoms with van der Waals surface area (Å²) in [6, 6.07) is -1.17. The van der Waals surface area contributed by atoms with E-state index in [1.165, 1.54) is 6.08 Å². The van der Waals surface area contributed by atoms with E-state index in [-0.39, 0.29) is 0 Å². The molecule has 0 saturated carbocycles. The number of carbonyl (C=O) groups excluding carboxylic acids is 4. The number of Topliss-reactive ketones (excluding diaryl/α,β-unsaturated/α-hetero) is 1. The average molecular weight is 237 g/mol. The largest absolute Gasteiger partial charge is 0.368 e. The van der Waals surface area contributed by atoms with E-state index in [4.69, 9.17) is 11.5 Å². The van der Waals surface area contributed by atoms with Crippen LogP contribution >= 0.6 is 0 Å². The van der Waals surface area contributed by atoms with Gasteiger partial charge in [0, 0.05) is 0 Å². The summed E-state index contributed by atoms with van der Waals surface area (Å²) in [6.45, 7) is 0. The Morgan fingerprint density at radius 2 is 1.76 bits per heavy atom. The second-order valence-electron chi connectivity index (χ2n) is 2.96. The van der Waals surface area contributed by atoms with Crippen LogP contribution in [0.4, 0.5) is 0 Å². The van der Waals surface area contributed by atoms with Crippen molar-refractivity contribution in [2.45, 2.75) is 6.04 Å². The van der Waals surface area contributed by atoms with E-state index in [9.17, 15) is 19.2 Å². The van der Waals surface area contributed by atoms with E-state index in [0.717, 1.165) is 6.08 Å². The number of primary amides is 2. The Balaban J connectivity index is 4.60. The van der Waals surface area contributed by atoms with Crippen LogP contribution in [-0.2, 0) is 19.2 Å². The Kier molecular flexibility index (Phi) is 5.92. The van der Waals surface area contributed by atoms with Crippen LogP contribution in [0.5, 0.6) is 0 Å². The van der Waals surface area contributed by atoms with Gasteiger partial charge in [0.2, 0.25) is 5.91 Å². The predicted octanol–water partition coefficient (Wildman–Crippen LogP) is -2.77. The van der Waals surface area contributed by atoms with Crippen LogP contribution in [-0.4, -0.2) is 29.9 Å². The molecule has 0 heterocycles. The van der Waals surface area contributed by atoms with Crippen molar-refractivity contribution in [3.05, 3.63) is 12.2 Å². The minimum absolute atomic E-state index is 0.420. The lowest BCUT2D eigenvalue weighted by Gasteiger charge is -2.09. The highest BCUT2D eigenvalue weighted by atomic mass is 16.2. The molecule has 0 radical (unpaired) electrons. The van der Waals surface area contributed by atoms with Gasteiger partial charge in [0.05, 0.1) is 12.0 Å². The molecule has 0 aliphatic carbocycles. The van der Waals surface area contributed by atoms with Crippen molar-refractivity contribution in [2.75, 3.05) is 0 Å². The minimum Gasteiger partial charge on any atom is -0.368 e. The monoisotopic (exact) mass is 237 g/mol. The highest BCUT2D eigenvalue weighted by molar-refractivity contribution is 6.42. The fourth-order valence-electron chi connectivity index (χ4n) is 0.767. The maximum Gasteiger partial charge on any atom is 0.298 e. The number of ketones is 1. The topological polar surface area (TPSA) is 146 Å². The molecule has 0 spiro atoms. The van der Waals surface area contributed by atoms with Crippen molar-refractivity contribution >= 4 is 23.9 Å². The second kappa shape index (κ2) is 6.92. The number of nitrogens with two attached hydrogens (primary N) is 3. The Morgan fingerprint density at radius 1 is 1.18 bits per heavy atom. The number of amides is 2. The molecule has 0 aliphatic heterocycles. The molecule has 0 aromatic rings. The highest BCUT2D eigenvalue weighted by Gasteiger charge is 2.18. The van der Waals surface area contributed by atoms with Crippen LogP contribution in [0.25, 0.3) is 0 Å². The van der Waals surface area contributed by atoms with Crippen molar-refractivity contribution in [3.63, 3.8) is 0 Å². The predicted molar refractivity (Wildman–Crippen MR) is 57.8 cm³/mol. The molecule has 2 amide bonds. The van der Waals surface area contributed by atoms with Gasteiger partial charge in [-0.3, -0.25) is 14.4 Å². The Labute approximate surface area is 97.0 Å². The summed E-state index contributed by atoms with van der Waals surface area (Å²) in [4.78, 5) is 42.2. The molecule has 7 heteroatoms. The third-order valence-corrected chi connectivity index (χ3v) is 1.71. The SMILES string of the molecule is NC(=O)C(=O)C#CC=CC(C=O)C(N)C(N)=O. The van der Waals surface area contributed by atoms with E-state index >= 15 is 0 Å². The summed E-state index contributed by atoms with van der Waals surface area (Å²) in [5.41, 5.74) is 14.9. The minimum atomic E-state index is -1.17. The summed E-state index contributed by atoms with van der Waals surface area (Å²) >= 11 is 0. The standard InChI is InChI=1S/C10H11N3O4/c11-8(10(13)17)6(5-14)3-1-2-4-7(15)9(12)16/h1,3,5-6,8H,11H2,(H2,12,16)(H2,13,17). The molecular formula is C10H11N3O4. The second-order valence-corrected chi connectivity index (χ2v) is 2.96. The van der Waals surface area contributed by atoms with Crippen molar-refractivity contribution in [3.8, 4) is 11.8 Å². The Hall–Kier alpha value is -2.46. The molecule has 17 heavy (non-hydrogen) atoms. The molecule has 0 fully saturated rings. The Bertz CT molecular complexity index is 431. The summed E-state index contributed by atoms with van der Waals surface area (Å²) < 4.78 is 0. The van der Waals surface area contributed by atoms with Gasteiger partial charge < -0.3 is 22.0 Å². The maximum absolute atomic E-state index is 10.7. The third kappa shape index (κ3) is 5.25. The molecular weight excluding hydrogens is 226 g/mol. The van der Waals surface area contributed by atoms with Gasteiger partial charge in [-0.05, 0) is 12.0 Å². The zero-order chi connectivity index (χ0) is 13.4. The smallest absolute Gasteiger partial charge is 0.298 e. The van der Waals surface area contributed by atoms with Gasteiger partial charge in [-0.1, -0.05) is 12.0 Å². The molecule has 2 unspecified atom stereocenters. The van der Waals surface area contributed by atoms with Crippen LogP contribution < -0.4 is 17.2 Å². The quantitative estimate of drug-likeness (QED) is 0.205. The van der Waals surface area contributed by atoms with E-state index in [0.29, 0.717) is 6.29 Å². The van der Waals surface area contributed by atoms with Gasteiger partial charge in [-0.15, -0.1) is 0 Å². The number of carbonyl (C=O) groups is 4. The van der Waals surface area contributed by atoms with E-state index in [1.54, 1.807) is 0 Å². The fraction of sp³-hybridized carbons (Fsp3) is 0.200. The molecule has 0 rings (SSSR count). The number of hydrogen-bond donors (Lipinski definition) is 3. The van der Waals surface area contributed by atoms with Gasteiger partial charge >= 0.3 is 0 Å². The fourth-order valence-corrected chi connectivity index (χ4v) is 0.767. The number of rotatable bonds is 5. The zero-order valence-corrected chi connectivity index (χ0v) is 8.75. The molecule has 90 valence electrons. The van der Waals surface area contributed by atoms with Gasteiger partial charge in [0.15, 0.2) is 0 Å². The first-order valence-electron chi connectivity index (χ1n) is 4.42. The van der Waals surface area contributed by atoms with Gasteiger partial charge in [-0.2, -0.15) is 0 Å². The van der Waals surface area contributed by atoms with Crippen LogP contribution in [0, 0.1) is 17.8 Å². The number of aldehydes is 1. The molecule has 0 aliphatic rings. The zero-order valence-electron chi connectivity index (χ0n) is 8.75. The van der Waals surface area contributed by atoms with Gasteiger partial charge in [-0.25, -0.2) is 0 Å². The van der Waals surface area contributed by atoms with Crippen LogP contribution in [0.15, 0.2) is 12.2 Å². The normalized spacial score (nSPS) is 13.2. The maximum atomic E-state index is 10.7. The lowest BCUT2D eigenvalue weighted by molar-refractivity contribution is -0.132. The van der Waals surface area contributed by atoms with Crippen molar-refractivity contribution < 1.29 is 19.2 Å². The summed E-state index contributed by atoms with van der Waals surface area (Å²) in [7, 11) is 0. The van der Waals surface area contributed by atoms with Crippen molar-refractivity contribution in [1.82, 2.24) is 0 Å². The highest BCUT2D eigenvalue weighted by Crippen LogP contribution is 1.99. The summed E-state index contributed by atoms with van der Waals surface area (Å²) in [5, 5.41) is 0. The number of allylic oxidation sites excluding steroid dienone is 1. The average Bonchev–Trinajstić information content (AvgIpc) is 2.27. The third-order valence-electron chi connectivity index (χ3n) is 1.71. The molecule has 0 aromatic heterocycles. The summed E-state index contributed by atoms with van der Waals surface area (Å²) in [5.74, 6) is 0.0717. The molecule has 0 bridgehead atoms. The van der Waals surface area contributed by atoms with Crippen LogP contribution in [0.2, 0.25) is 0 Å². The molecule has 7 nitrogen and oxygen atoms in total. The first-order valence-corrected chi connectivity index (χ1v) is 4.42. The molecule has 6 N–H and O–H groups in total. The lowest BCUT2D eigenvalue weighted by atomic mass is 10.0. The van der Waals surface area contributed by atoms with Crippen molar-refractivity contribution in [1.29, 1.82) is 0 Å². The summed E-state index contributed by atoms with van der Waals surface area (Å²) in [6.07, 6.45) is 2.73. The molecule has 0 saturated heterocycles.